The van der Waals surface area contributed by atoms with Crippen molar-refractivity contribution >= 4 is 5.97 Å². The number of carbonyl (C=O) groups excluding carboxylic acids is 1. The van der Waals surface area contributed by atoms with Gasteiger partial charge in [0.15, 0.2) is 0 Å². The third-order valence-electron chi connectivity index (χ3n) is 2.07. The number of carbonyl (C=O) groups is 1. The average molecular weight is 321 g/mol. The lowest BCUT2D eigenvalue weighted by molar-refractivity contribution is -0.278. The van der Waals surface area contributed by atoms with Gasteiger partial charge in [-0.25, -0.2) is 9.37 Å². The fourth-order valence-electron chi connectivity index (χ4n) is 1.23. The summed E-state index contributed by atoms with van der Waals surface area (Å²) in [7, 11) is 0.900. The second-order valence-corrected chi connectivity index (χ2v) is 3.57. The maximum Gasteiger partial charge on any atom is 0.574 e. The lowest BCUT2D eigenvalue weighted by Gasteiger charge is -2.15. The van der Waals surface area contributed by atoms with E-state index in [9.17, 15) is 35.5 Å². The standard InChI is InChI=1S/C10H6F7NO3/c1-20-7(19)3-6-5(11)2-4(9(12,13)14)8(18-6)21-10(15,16)17/h2H,3H2,1H3. The highest BCUT2D eigenvalue weighted by Crippen LogP contribution is 2.38. The van der Waals surface area contributed by atoms with Gasteiger partial charge in [0.1, 0.15) is 11.4 Å². The number of rotatable bonds is 3. The SMILES string of the molecule is COC(=O)Cc1nc(OC(F)(F)F)c(C(F)(F)F)cc1F. The molecular formula is C10H6F7NO3. The lowest BCUT2D eigenvalue weighted by atomic mass is 10.2. The Morgan fingerprint density at radius 3 is 2.24 bits per heavy atom. The molecule has 0 aliphatic rings. The molecule has 0 atom stereocenters. The van der Waals surface area contributed by atoms with Crippen LogP contribution in [-0.2, 0) is 22.1 Å². The lowest BCUT2D eigenvalue weighted by Crippen LogP contribution is -2.22. The smallest absolute Gasteiger partial charge is 0.469 e. The van der Waals surface area contributed by atoms with Gasteiger partial charge in [-0.2, -0.15) is 13.2 Å². The second kappa shape index (κ2) is 5.74. The minimum atomic E-state index is -5.46. The molecule has 0 saturated carbocycles. The molecule has 0 spiro atoms. The van der Waals surface area contributed by atoms with Crippen molar-refractivity contribution in [1.29, 1.82) is 0 Å². The number of alkyl halides is 6. The Labute approximate surface area is 112 Å². The highest BCUT2D eigenvalue weighted by atomic mass is 19.4. The van der Waals surface area contributed by atoms with Crippen molar-refractivity contribution in [3.8, 4) is 5.88 Å². The summed E-state index contributed by atoms with van der Waals surface area (Å²) in [5.74, 6) is -4.60. The van der Waals surface area contributed by atoms with Crippen molar-refractivity contribution in [2.75, 3.05) is 7.11 Å². The van der Waals surface area contributed by atoms with Crippen LogP contribution in [0, 0.1) is 5.82 Å². The van der Waals surface area contributed by atoms with Gasteiger partial charge in [-0.3, -0.25) is 4.79 Å². The maximum atomic E-state index is 13.4. The fraction of sp³-hybridized carbons (Fsp3) is 0.400. The zero-order valence-electron chi connectivity index (χ0n) is 10.1. The van der Waals surface area contributed by atoms with E-state index in [0.29, 0.717) is 0 Å². The summed E-state index contributed by atoms with van der Waals surface area (Å²) >= 11 is 0. The van der Waals surface area contributed by atoms with E-state index in [1.807, 2.05) is 0 Å². The van der Waals surface area contributed by atoms with Crippen molar-refractivity contribution in [1.82, 2.24) is 4.98 Å². The summed E-state index contributed by atoms with van der Waals surface area (Å²) in [6.07, 6.45) is -11.7. The molecule has 0 fully saturated rings. The molecule has 0 unspecified atom stereocenters. The summed E-state index contributed by atoms with van der Waals surface area (Å²) in [6.45, 7) is 0. The number of halogens is 7. The third kappa shape index (κ3) is 4.76. The van der Waals surface area contributed by atoms with Crippen LogP contribution in [0.15, 0.2) is 6.07 Å². The van der Waals surface area contributed by atoms with Crippen molar-refractivity contribution in [2.45, 2.75) is 19.0 Å². The summed E-state index contributed by atoms with van der Waals surface area (Å²) in [6, 6.07) is -0.230. The normalized spacial score (nSPS) is 12.2. The zero-order valence-corrected chi connectivity index (χ0v) is 10.1. The van der Waals surface area contributed by atoms with Crippen molar-refractivity contribution < 1.29 is 45.0 Å². The number of hydrogen-bond acceptors (Lipinski definition) is 4. The fourth-order valence-corrected chi connectivity index (χ4v) is 1.23. The highest BCUT2D eigenvalue weighted by molar-refractivity contribution is 5.71. The number of pyridine rings is 1. The molecule has 4 nitrogen and oxygen atoms in total. The van der Waals surface area contributed by atoms with Crippen molar-refractivity contribution in [3.05, 3.63) is 23.1 Å². The first-order chi connectivity index (χ1) is 9.44. The first kappa shape index (κ1) is 17.0. The predicted molar refractivity (Wildman–Crippen MR) is 51.6 cm³/mol. The number of esters is 1. The van der Waals surface area contributed by atoms with Crippen LogP contribution in [0.2, 0.25) is 0 Å². The number of nitrogens with zero attached hydrogens (tertiary/aromatic N) is 1. The molecule has 0 radical (unpaired) electrons. The van der Waals surface area contributed by atoms with Gasteiger partial charge in [0.25, 0.3) is 0 Å². The van der Waals surface area contributed by atoms with Gasteiger partial charge in [0, 0.05) is 0 Å². The van der Waals surface area contributed by atoms with E-state index < -0.39 is 47.9 Å². The minimum absolute atomic E-state index is 0.230. The highest BCUT2D eigenvalue weighted by Gasteiger charge is 2.41. The van der Waals surface area contributed by atoms with Crippen LogP contribution in [-0.4, -0.2) is 24.4 Å². The largest absolute Gasteiger partial charge is 0.574 e. The summed E-state index contributed by atoms with van der Waals surface area (Å²) in [5, 5.41) is 0. The van der Waals surface area contributed by atoms with E-state index in [1.54, 1.807) is 0 Å². The van der Waals surface area contributed by atoms with Gasteiger partial charge in [0.05, 0.1) is 19.2 Å². The van der Waals surface area contributed by atoms with Crippen LogP contribution >= 0.6 is 0 Å². The second-order valence-electron chi connectivity index (χ2n) is 3.57. The van der Waals surface area contributed by atoms with Crippen LogP contribution in [0.3, 0.4) is 0 Å². The van der Waals surface area contributed by atoms with E-state index in [2.05, 4.69) is 14.5 Å². The molecule has 1 rings (SSSR count). The predicted octanol–water partition coefficient (Wildman–Crippen LogP) is 2.85. The quantitative estimate of drug-likeness (QED) is 0.634. The van der Waals surface area contributed by atoms with E-state index in [0.717, 1.165) is 7.11 Å². The first-order valence-electron chi connectivity index (χ1n) is 5.03. The monoisotopic (exact) mass is 321 g/mol. The van der Waals surface area contributed by atoms with Crippen LogP contribution in [0.25, 0.3) is 0 Å². The molecule has 1 aromatic heterocycles. The van der Waals surface area contributed by atoms with Gasteiger partial charge in [0.2, 0.25) is 5.88 Å². The Morgan fingerprint density at radius 2 is 1.81 bits per heavy atom. The summed E-state index contributed by atoms with van der Waals surface area (Å²) in [5.41, 5.74) is -3.01. The van der Waals surface area contributed by atoms with E-state index in [-0.39, 0.29) is 6.07 Å². The van der Waals surface area contributed by atoms with Gasteiger partial charge < -0.3 is 9.47 Å². The molecule has 0 bridgehead atoms. The van der Waals surface area contributed by atoms with Crippen LogP contribution in [0.5, 0.6) is 5.88 Å². The molecule has 1 heterocycles. The average Bonchev–Trinajstić information content (AvgIpc) is 2.29. The number of methoxy groups -OCH3 is 1. The zero-order chi connectivity index (χ0) is 16.4. The summed E-state index contributed by atoms with van der Waals surface area (Å²) < 4.78 is 94.3. The van der Waals surface area contributed by atoms with Crippen molar-refractivity contribution in [2.24, 2.45) is 0 Å². The van der Waals surface area contributed by atoms with E-state index in [1.165, 1.54) is 0 Å². The number of hydrogen-bond donors (Lipinski definition) is 0. The topological polar surface area (TPSA) is 48.4 Å². The molecule has 0 aliphatic carbocycles. The van der Waals surface area contributed by atoms with Gasteiger partial charge in [-0.15, -0.1) is 13.2 Å². The molecule has 118 valence electrons. The molecule has 0 amide bonds. The van der Waals surface area contributed by atoms with Crippen LogP contribution in [0.1, 0.15) is 11.3 Å². The number of aromatic nitrogens is 1. The molecule has 21 heavy (non-hydrogen) atoms. The Balaban J connectivity index is 3.34. The van der Waals surface area contributed by atoms with E-state index >= 15 is 0 Å². The van der Waals surface area contributed by atoms with Gasteiger partial charge in [-0.1, -0.05) is 0 Å². The van der Waals surface area contributed by atoms with E-state index in [4.69, 9.17) is 0 Å². The first-order valence-corrected chi connectivity index (χ1v) is 5.03. The molecule has 0 aliphatic heterocycles. The molecule has 0 N–H and O–H groups in total. The molecule has 0 saturated heterocycles. The summed E-state index contributed by atoms with van der Waals surface area (Å²) in [4.78, 5) is 13.7. The van der Waals surface area contributed by atoms with Crippen LogP contribution < -0.4 is 4.74 Å². The minimum Gasteiger partial charge on any atom is -0.469 e. The molecular weight excluding hydrogens is 315 g/mol. The van der Waals surface area contributed by atoms with Crippen molar-refractivity contribution in [3.63, 3.8) is 0 Å². The third-order valence-corrected chi connectivity index (χ3v) is 2.07. The Bertz CT molecular complexity index is 539. The number of ether oxygens (including phenoxy) is 2. The van der Waals surface area contributed by atoms with Crippen LogP contribution in [0.4, 0.5) is 30.7 Å². The van der Waals surface area contributed by atoms with Gasteiger partial charge in [-0.05, 0) is 6.07 Å². The Morgan fingerprint density at radius 1 is 1.24 bits per heavy atom. The molecule has 1 aromatic rings. The molecule has 11 heteroatoms. The maximum absolute atomic E-state index is 13.4. The Hall–Kier alpha value is -2.07. The van der Waals surface area contributed by atoms with Gasteiger partial charge >= 0.3 is 18.5 Å². The molecule has 0 aromatic carbocycles. The Kier molecular flexibility index (Phi) is 4.64.